The standard InChI is InChI=1S/C11H13FN2/c1-7(2)8-5-4-6-9(10(8)12)11(13)14-3/h4-7,13H,3H2,1-2H3. The molecule has 0 aromatic heterocycles. The van der Waals surface area contributed by atoms with Crippen LogP contribution in [0.2, 0.25) is 0 Å². The summed E-state index contributed by atoms with van der Waals surface area (Å²) < 4.78 is 13.7. The second-order valence-electron chi connectivity index (χ2n) is 3.37. The zero-order valence-corrected chi connectivity index (χ0v) is 8.34. The number of amidine groups is 1. The maximum Gasteiger partial charge on any atom is 0.154 e. The molecule has 0 atom stereocenters. The van der Waals surface area contributed by atoms with Gasteiger partial charge >= 0.3 is 0 Å². The molecule has 0 saturated heterocycles. The van der Waals surface area contributed by atoms with Gasteiger partial charge in [0.1, 0.15) is 5.82 Å². The lowest BCUT2D eigenvalue weighted by atomic mass is 9.99. The molecule has 0 radical (unpaired) electrons. The van der Waals surface area contributed by atoms with Crippen LogP contribution in [0, 0.1) is 11.2 Å². The second-order valence-corrected chi connectivity index (χ2v) is 3.37. The van der Waals surface area contributed by atoms with E-state index in [9.17, 15) is 4.39 Å². The minimum Gasteiger partial charge on any atom is -0.282 e. The molecule has 14 heavy (non-hydrogen) atoms. The fourth-order valence-corrected chi connectivity index (χ4v) is 1.26. The lowest BCUT2D eigenvalue weighted by Crippen LogP contribution is -2.03. The van der Waals surface area contributed by atoms with Crippen molar-refractivity contribution in [2.24, 2.45) is 4.99 Å². The van der Waals surface area contributed by atoms with Gasteiger partial charge in [-0.3, -0.25) is 5.41 Å². The molecule has 0 aliphatic rings. The third-order valence-corrected chi connectivity index (χ3v) is 2.06. The molecule has 0 saturated carbocycles. The molecule has 0 unspecified atom stereocenters. The summed E-state index contributed by atoms with van der Waals surface area (Å²) in [4.78, 5) is 3.41. The maximum absolute atomic E-state index is 13.7. The third-order valence-electron chi connectivity index (χ3n) is 2.06. The average molecular weight is 192 g/mol. The Labute approximate surface area is 83.0 Å². The van der Waals surface area contributed by atoms with Crippen molar-refractivity contribution < 1.29 is 4.39 Å². The number of aliphatic imine (C=N–C) groups is 1. The van der Waals surface area contributed by atoms with Gasteiger partial charge in [-0.15, -0.1) is 0 Å². The lowest BCUT2D eigenvalue weighted by molar-refractivity contribution is 0.595. The van der Waals surface area contributed by atoms with Crippen molar-refractivity contribution in [1.29, 1.82) is 5.41 Å². The fourth-order valence-electron chi connectivity index (χ4n) is 1.26. The van der Waals surface area contributed by atoms with Crippen molar-refractivity contribution in [3.63, 3.8) is 0 Å². The summed E-state index contributed by atoms with van der Waals surface area (Å²) >= 11 is 0. The molecular formula is C11H13FN2. The van der Waals surface area contributed by atoms with Gasteiger partial charge in [0.2, 0.25) is 0 Å². The van der Waals surface area contributed by atoms with Crippen LogP contribution in [0.4, 0.5) is 4.39 Å². The lowest BCUT2D eigenvalue weighted by Gasteiger charge is -2.09. The molecule has 1 N–H and O–H groups in total. The summed E-state index contributed by atoms with van der Waals surface area (Å²) in [7, 11) is 0. The fraction of sp³-hybridized carbons (Fsp3) is 0.273. The molecule has 0 heterocycles. The van der Waals surface area contributed by atoms with E-state index in [0.717, 1.165) is 0 Å². The Morgan fingerprint density at radius 3 is 2.64 bits per heavy atom. The normalized spacial score (nSPS) is 10.3. The summed E-state index contributed by atoms with van der Waals surface area (Å²) in [5.74, 6) is -0.377. The Balaban J connectivity index is 3.27. The Bertz CT molecular complexity index is 370. The highest BCUT2D eigenvalue weighted by atomic mass is 19.1. The molecule has 74 valence electrons. The number of rotatable bonds is 2. The van der Waals surface area contributed by atoms with Gasteiger partial charge in [0.15, 0.2) is 5.84 Å². The van der Waals surface area contributed by atoms with Crippen LogP contribution < -0.4 is 0 Å². The maximum atomic E-state index is 13.7. The van der Waals surface area contributed by atoms with Gasteiger partial charge in [-0.25, -0.2) is 9.38 Å². The van der Waals surface area contributed by atoms with E-state index in [-0.39, 0.29) is 23.1 Å². The number of hydrogen-bond acceptors (Lipinski definition) is 1. The van der Waals surface area contributed by atoms with Crippen molar-refractivity contribution in [1.82, 2.24) is 0 Å². The number of benzene rings is 1. The summed E-state index contributed by atoms with van der Waals surface area (Å²) in [6.45, 7) is 7.03. The molecule has 1 aromatic carbocycles. The summed E-state index contributed by atoms with van der Waals surface area (Å²) in [6.07, 6.45) is 0. The minimum absolute atomic E-state index is 0.104. The number of halogens is 1. The quantitative estimate of drug-likeness (QED) is 0.552. The second kappa shape index (κ2) is 4.13. The van der Waals surface area contributed by atoms with Gasteiger partial charge in [-0.1, -0.05) is 26.0 Å². The van der Waals surface area contributed by atoms with Crippen LogP contribution in [-0.2, 0) is 0 Å². The zero-order chi connectivity index (χ0) is 10.7. The molecule has 1 rings (SSSR count). The first-order valence-electron chi connectivity index (χ1n) is 4.42. The van der Waals surface area contributed by atoms with Crippen LogP contribution in [-0.4, -0.2) is 12.6 Å². The Morgan fingerprint density at radius 1 is 1.50 bits per heavy atom. The minimum atomic E-state index is -0.361. The van der Waals surface area contributed by atoms with E-state index in [1.54, 1.807) is 12.1 Å². The summed E-state index contributed by atoms with van der Waals surface area (Å²) in [5.41, 5.74) is 0.821. The Hall–Kier alpha value is -1.51. The van der Waals surface area contributed by atoms with E-state index in [1.165, 1.54) is 6.07 Å². The highest BCUT2D eigenvalue weighted by molar-refractivity contribution is 5.99. The SMILES string of the molecule is C=NC(=N)c1cccc(C(C)C)c1F. The van der Waals surface area contributed by atoms with Gasteiger partial charge in [0, 0.05) is 0 Å². The smallest absolute Gasteiger partial charge is 0.154 e. The highest BCUT2D eigenvalue weighted by Gasteiger charge is 2.12. The van der Waals surface area contributed by atoms with Crippen molar-refractivity contribution in [2.45, 2.75) is 19.8 Å². The first-order valence-corrected chi connectivity index (χ1v) is 4.42. The number of hydrogen-bond donors (Lipinski definition) is 1. The Kier molecular flexibility index (Phi) is 3.12. The largest absolute Gasteiger partial charge is 0.282 e. The molecule has 3 heteroatoms. The first kappa shape index (κ1) is 10.6. The predicted octanol–water partition coefficient (Wildman–Crippen LogP) is 2.98. The van der Waals surface area contributed by atoms with Crippen LogP contribution in [0.15, 0.2) is 23.2 Å². The third kappa shape index (κ3) is 1.87. The molecule has 1 aromatic rings. The molecular weight excluding hydrogens is 179 g/mol. The molecule has 0 fully saturated rings. The van der Waals surface area contributed by atoms with Gasteiger partial charge < -0.3 is 0 Å². The monoisotopic (exact) mass is 192 g/mol. The molecule has 0 aliphatic heterocycles. The predicted molar refractivity (Wildman–Crippen MR) is 56.9 cm³/mol. The van der Waals surface area contributed by atoms with Crippen LogP contribution in [0.25, 0.3) is 0 Å². The van der Waals surface area contributed by atoms with E-state index in [2.05, 4.69) is 11.7 Å². The first-order chi connectivity index (χ1) is 6.57. The Morgan fingerprint density at radius 2 is 2.14 bits per heavy atom. The molecule has 0 spiro atoms. The van der Waals surface area contributed by atoms with Gasteiger partial charge in [-0.05, 0) is 24.3 Å². The van der Waals surface area contributed by atoms with Gasteiger partial charge in [-0.2, -0.15) is 0 Å². The molecule has 0 bridgehead atoms. The molecule has 2 nitrogen and oxygen atoms in total. The van der Waals surface area contributed by atoms with E-state index >= 15 is 0 Å². The van der Waals surface area contributed by atoms with Gasteiger partial charge in [0.05, 0.1) is 5.56 Å². The van der Waals surface area contributed by atoms with Crippen LogP contribution >= 0.6 is 0 Å². The van der Waals surface area contributed by atoms with Crippen LogP contribution in [0.3, 0.4) is 0 Å². The average Bonchev–Trinajstić information content (AvgIpc) is 2.16. The van der Waals surface area contributed by atoms with E-state index in [0.29, 0.717) is 5.56 Å². The topological polar surface area (TPSA) is 36.2 Å². The van der Waals surface area contributed by atoms with E-state index in [1.807, 2.05) is 13.8 Å². The van der Waals surface area contributed by atoms with Crippen LogP contribution in [0.5, 0.6) is 0 Å². The van der Waals surface area contributed by atoms with Crippen molar-refractivity contribution >= 4 is 12.6 Å². The summed E-state index contributed by atoms with van der Waals surface area (Å²) in [5, 5.41) is 7.39. The van der Waals surface area contributed by atoms with Crippen molar-refractivity contribution in [3.8, 4) is 0 Å². The van der Waals surface area contributed by atoms with Crippen molar-refractivity contribution in [3.05, 3.63) is 35.1 Å². The number of nitrogens with one attached hydrogen (secondary N) is 1. The van der Waals surface area contributed by atoms with Crippen LogP contribution in [0.1, 0.15) is 30.9 Å². The molecule has 0 aliphatic carbocycles. The summed E-state index contributed by atoms with van der Waals surface area (Å²) in [6, 6.07) is 4.99. The van der Waals surface area contributed by atoms with E-state index in [4.69, 9.17) is 5.41 Å². The molecule has 0 amide bonds. The van der Waals surface area contributed by atoms with E-state index < -0.39 is 0 Å². The zero-order valence-electron chi connectivity index (χ0n) is 8.34. The van der Waals surface area contributed by atoms with Gasteiger partial charge in [0.25, 0.3) is 0 Å². The highest BCUT2D eigenvalue weighted by Crippen LogP contribution is 2.21. The van der Waals surface area contributed by atoms with Crippen molar-refractivity contribution in [2.75, 3.05) is 0 Å². The number of nitrogens with zero attached hydrogens (tertiary/aromatic N) is 1.